The summed E-state index contributed by atoms with van der Waals surface area (Å²) in [5.74, 6) is -0.165. The van der Waals surface area contributed by atoms with Gasteiger partial charge < -0.3 is 10.6 Å². The number of hydrogen-bond donors (Lipinski definition) is 2. The molecule has 31 heavy (non-hydrogen) atoms. The first-order valence-electron chi connectivity index (χ1n) is 10.6. The molecule has 7 heteroatoms. The van der Waals surface area contributed by atoms with E-state index in [1.165, 1.54) is 5.56 Å². The van der Waals surface area contributed by atoms with Gasteiger partial charge in [0.1, 0.15) is 11.4 Å². The van der Waals surface area contributed by atoms with Crippen LogP contribution >= 0.6 is 0 Å². The number of anilines is 4. The monoisotopic (exact) mass is 428 g/mol. The van der Waals surface area contributed by atoms with E-state index in [2.05, 4.69) is 34.4 Å². The van der Waals surface area contributed by atoms with E-state index in [4.69, 9.17) is 0 Å². The molecule has 0 saturated heterocycles. The first-order chi connectivity index (χ1) is 14.9. The Balaban J connectivity index is 1.89. The van der Waals surface area contributed by atoms with Gasteiger partial charge in [0.15, 0.2) is 0 Å². The Morgan fingerprint density at radius 3 is 2.32 bits per heavy atom. The van der Waals surface area contributed by atoms with Gasteiger partial charge in [-0.2, -0.15) is 18.2 Å². The largest absolute Gasteiger partial charge is 0.421 e. The number of unbranched alkanes of at least 4 members (excludes halogenated alkanes) is 2. The molecule has 0 atom stereocenters. The predicted molar refractivity (Wildman–Crippen MR) is 119 cm³/mol. The second-order valence-electron chi connectivity index (χ2n) is 7.37. The molecule has 3 rings (SSSR count). The van der Waals surface area contributed by atoms with Gasteiger partial charge in [0.05, 0.1) is 0 Å². The zero-order valence-electron chi connectivity index (χ0n) is 17.8. The van der Waals surface area contributed by atoms with Gasteiger partial charge in [-0.15, -0.1) is 0 Å². The van der Waals surface area contributed by atoms with Crippen molar-refractivity contribution in [3.05, 3.63) is 71.4 Å². The van der Waals surface area contributed by atoms with Crippen LogP contribution in [-0.2, 0) is 19.0 Å². The second-order valence-corrected chi connectivity index (χ2v) is 7.37. The molecule has 0 saturated carbocycles. The molecular weight excluding hydrogens is 401 g/mol. The molecule has 2 N–H and O–H groups in total. The van der Waals surface area contributed by atoms with Gasteiger partial charge in [0, 0.05) is 17.6 Å². The smallest absolute Gasteiger partial charge is 0.339 e. The zero-order chi connectivity index (χ0) is 22.3. The summed E-state index contributed by atoms with van der Waals surface area (Å²) in [6.45, 7) is 4.17. The highest BCUT2D eigenvalue weighted by molar-refractivity contribution is 5.65. The van der Waals surface area contributed by atoms with Crippen molar-refractivity contribution >= 4 is 23.1 Å². The number of halogens is 3. The van der Waals surface area contributed by atoms with Gasteiger partial charge in [-0.25, -0.2) is 4.98 Å². The Morgan fingerprint density at radius 1 is 0.903 bits per heavy atom. The molecule has 0 aliphatic heterocycles. The molecule has 0 amide bonds. The molecule has 0 radical (unpaired) electrons. The Bertz CT molecular complexity index is 985. The van der Waals surface area contributed by atoms with Crippen LogP contribution in [0.2, 0.25) is 0 Å². The Morgan fingerprint density at radius 2 is 1.65 bits per heavy atom. The fraction of sp³-hybridized carbons (Fsp3) is 0.333. The van der Waals surface area contributed by atoms with Gasteiger partial charge >= 0.3 is 6.18 Å². The van der Waals surface area contributed by atoms with Gasteiger partial charge in [0.2, 0.25) is 5.95 Å². The van der Waals surface area contributed by atoms with Crippen molar-refractivity contribution < 1.29 is 13.2 Å². The summed E-state index contributed by atoms with van der Waals surface area (Å²) >= 11 is 0. The zero-order valence-corrected chi connectivity index (χ0v) is 17.8. The Hall–Kier alpha value is -3.09. The summed E-state index contributed by atoms with van der Waals surface area (Å²) < 4.78 is 40.8. The fourth-order valence-corrected chi connectivity index (χ4v) is 3.25. The molecule has 2 aromatic carbocycles. The van der Waals surface area contributed by atoms with E-state index in [-0.39, 0.29) is 11.8 Å². The lowest BCUT2D eigenvalue weighted by Crippen LogP contribution is -2.13. The molecule has 4 nitrogen and oxygen atoms in total. The number of nitrogens with zero attached hydrogens (tertiary/aromatic N) is 2. The molecule has 1 aromatic heterocycles. The van der Waals surface area contributed by atoms with Crippen LogP contribution in [0.15, 0.2) is 54.7 Å². The van der Waals surface area contributed by atoms with Crippen molar-refractivity contribution in [1.29, 1.82) is 0 Å². The number of rotatable bonds is 9. The molecule has 3 aromatic rings. The SMILES string of the molecule is CCCCCc1ccccc1Nc1nc(Nc2ccc(CC)cc2)ncc1C(F)(F)F. The van der Waals surface area contributed by atoms with Crippen molar-refractivity contribution in [3.63, 3.8) is 0 Å². The van der Waals surface area contributed by atoms with Crippen molar-refractivity contribution in [3.8, 4) is 0 Å². The average Bonchev–Trinajstić information content (AvgIpc) is 2.75. The number of alkyl halides is 3. The molecule has 0 bridgehead atoms. The predicted octanol–water partition coefficient (Wildman–Crippen LogP) is 7.28. The van der Waals surface area contributed by atoms with E-state index in [9.17, 15) is 13.2 Å². The van der Waals surface area contributed by atoms with Crippen LogP contribution < -0.4 is 10.6 Å². The third-order valence-corrected chi connectivity index (χ3v) is 5.03. The van der Waals surface area contributed by atoms with Gasteiger partial charge in [-0.05, 0) is 48.6 Å². The van der Waals surface area contributed by atoms with E-state index in [1.807, 2.05) is 36.4 Å². The van der Waals surface area contributed by atoms with E-state index in [1.54, 1.807) is 12.1 Å². The summed E-state index contributed by atoms with van der Waals surface area (Å²) in [6, 6.07) is 15.0. The van der Waals surface area contributed by atoms with Crippen molar-refractivity contribution in [1.82, 2.24) is 9.97 Å². The van der Waals surface area contributed by atoms with Gasteiger partial charge in [-0.3, -0.25) is 0 Å². The lowest BCUT2D eigenvalue weighted by atomic mass is 10.1. The number of benzene rings is 2. The number of nitrogens with one attached hydrogen (secondary N) is 2. The molecule has 0 spiro atoms. The van der Waals surface area contributed by atoms with Crippen LogP contribution in [0.3, 0.4) is 0 Å². The lowest BCUT2D eigenvalue weighted by Gasteiger charge is -2.17. The summed E-state index contributed by atoms with van der Waals surface area (Å²) in [5.41, 5.74) is 2.57. The first kappa shape index (κ1) is 22.6. The van der Waals surface area contributed by atoms with Crippen LogP contribution in [-0.4, -0.2) is 9.97 Å². The molecule has 164 valence electrons. The molecular formula is C24H27F3N4. The minimum Gasteiger partial charge on any atom is -0.339 e. The Kier molecular flexibility index (Phi) is 7.50. The second kappa shape index (κ2) is 10.3. The van der Waals surface area contributed by atoms with Crippen molar-refractivity contribution in [2.45, 2.75) is 52.1 Å². The highest BCUT2D eigenvalue weighted by Gasteiger charge is 2.35. The Labute approximate surface area is 181 Å². The first-order valence-corrected chi connectivity index (χ1v) is 10.6. The number of para-hydroxylation sites is 1. The maximum atomic E-state index is 13.6. The highest BCUT2D eigenvalue weighted by Crippen LogP contribution is 2.36. The quantitative estimate of drug-likeness (QED) is 0.352. The highest BCUT2D eigenvalue weighted by atomic mass is 19.4. The fourth-order valence-electron chi connectivity index (χ4n) is 3.25. The summed E-state index contributed by atoms with van der Waals surface area (Å²) in [6.07, 6.45) is 1.07. The standard InChI is InChI=1S/C24H27F3N4/c1-3-5-6-9-18-10-7-8-11-21(18)30-22-20(24(25,26)27)16-28-23(31-22)29-19-14-12-17(4-2)13-15-19/h7-8,10-16H,3-6,9H2,1-2H3,(H2,28,29,30,31). The molecule has 0 aliphatic carbocycles. The summed E-state index contributed by atoms with van der Waals surface area (Å²) in [4.78, 5) is 8.04. The van der Waals surface area contributed by atoms with Gasteiger partial charge in [0.25, 0.3) is 0 Å². The maximum absolute atomic E-state index is 13.6. The normalized spacial score (nSPS) is 11.4. The van der Waals surface area contributed by atoms with Crippen LogP contribution in [0.1, 0.15) is 49.8 Å². The van der Waals surface area contributed by atoms with Crippen molar-refractivity contribution in [2.24, 2.45) is 0 Å². The van der Waals surface area contributed by atoms with Crippen LogP contribution in [0.25, 0.3) is 0 Å². The van der Waals surface area contributed by atoms with Crippen LogP contribution in [0, 0.1) is 0 Å². The van der Waals surface area contributed by atoms with E-state index >= 15 is 0 Å². The number of aromatic nitrogens is 2. The topological polar surface area (TPSA) is 49.8 Å². The third kappa shape index (κ3) is 6.20. The average molecular weight is 429 g/mol. The third-order valence-electron chi connectivity index (χ3n) is 5.03. The van der Waals surface area contributed by atoms with E-state index in [0.29, 0.717) is 11.4 Å². The van der Waals surface area contributed by atoms with Crippen LogP contribution in [0.5, 0.6) is 0 Å². The maximum Gasteiger partial charge on any atom is 0.421 e. The molecule has 1 heterocycles. The molecule has 0 unspecified atom stereocenters. The van der Waals surface area contributed by atoms with Crippen molar-refractivity contribution in [2.75, 3.05) is 10.6 Å². The molecule has 0 aliphatic rings. The van der Waals surface area contributed by atoms with E-state index < -0.39 is 11.7 Å². The molecule has 0 fully saturated rings. The van der Waals surface area contributed by atoms with Crippen LogP contribution in [0.4, 0.5) is 36.3 Å². The minimum atomic E-state index is -4.57. The van der Waals surface area contributed by atoms with Gasteiger partial charge in [-0.1, -0.05) is 57.0 Å². The minimum absolute atomic E-state index is 0.100. The number of hydrogen-bond acceptors (Lipinski definition) is 4. The van der Waals surface area contributed by atoms with E-state index in [0.717, 1.165) is 43.9 Å². The number of aryl methyl sites for hydroxylation is 2. The summed E-state index contributed by atoms with van der Waals surface area (Å²) in [5, 5.41) is 5.89. The lowest BCUT2D eigenvalue weighted by molar-refractivity contribution is -0.137. The summed E-state index contributed by atoms with van der Waals surface area (Å²) in [7, 11) is 0.